The third-order valence-corrected chi connectivity index (χ3v) is 3.72. The van der Waals surface area contributed by atoms with Gasteiger partial charge in [0.2, 0.25) is 0 Å². The summed E-state index contributed by atoms with van der Waals surface area (Å²) in [5, 5.41) is 3.05. The Kier molecular flexibility index (Phi) is 3.22. The van der Waals surface area contributed by atoms with Gasteiger partial charge in [0.05, 0.1) is 13.2 Å². The van der Waals surface area contributed by atoms with E-state index in [1.165, 1.54) is 5.69 Å². The molecule has 0 unspecified atom stereocenters. The highest BCUT2D eigenvalue weighted by atomic mass is 32.1. The zero-order valence-electron chi connectivity index (χ0n) is 9.58. The molecule has 2 aromatic rings. The molecule has 3 rings (SSSR count). The van der Waals surface area contributed by atoms with Gasteiger partial charge in [-0.05, 0) is 12.1 Å². The van der Waals surface area contributed by atoms with Crippen molar-refractivity contribution in [2.24, 2.45) is 0 Å². The first-order chi connectivity index (χ1) is 8.43. The Hall–Kier alpha value is -1.17. The number of morpholine rings is 1. The highest BCUT2D eigenvalue weighted by molar-refractivity contribution is 7.12. The molecule has 0 spiro atoms. The Morgan fingerprint density at radius 2 is 2.24 bits per heavy atom. The van der Waals surface area contributed by atoms with Gasteiger partial charge in [-0.15, -0.1) is 11.3 Å². The number of thiazole rings is 1. The summed E-state index contributed by atoms with van der Waals surface area (Å²) in [5.74, 6) is 0. The molecule has 1 aliphatic heterocycles. The molecule has 4 nitrogen and oxygen atoms in total. The fourth-order valence-corrected chi connectivity index (χ4v) is 2.71. The van der Waals surface area contributed by atoms with Crippen LogP contribution in [-0.4, -0.2) is 40.8 Å². The molecule has 0 aromatic carbocycles. The Bertz CT molecular complexity index is 460. The van der Waals surface area contributed by atoms with E-state index in [4.69, 9.17) is 4.74 Å². The molecule has 17 heavy (non-hydrogen) atoms. The molecule has 0 bridgehead atoms. The number of rotatable bonds is 3. The molecule has 90 valence electrons. The van der Waals surface area contributed by atoms with Gasteiger partial charge in [-0.3, -0.25) is 9.47 Å². The Morgan fingerprint density at radius 1 is 1.35 bits per heavy atom. The first-order valence-electron chi connectivity index (χ1n) is 5.80. The van der Waals surface area contributed by atoms with Crippen LogP contribution in [0.2, 0.25) is 0 Å². The normalized spacial score (nSPS) is 17.4. The van der Waals surface area contributed by atoms with Crippen LogP contribution in [0.4, 0.5) is 0 Å². The first-order valence-corrected chi connectivity index (χ1v) is 6.67. The average Bonchev–Trinajstić information content (AvgIpc) is 3.00. The van der Waals surface area contributed by atoms with Crippen LogP contribution in [0.5, 0.6) is 0 Å². The van der Waals surface area contributed by atoms with Crippen molar-refractivity contribution in [3.8, 4) is 5.13 Å². The fraction of sp³-hybridized carbons (Fsp3) is 0.417. The molecule has 2 aromatic heterocycles. The molecule has 0 radical (unpaired) electrons. The maximum Gasteiger partial charge on any atom is 0.193 e. The van der Waals surface area contributed by atoms with E-state index in [9.17, 15) is 0 Å². The molecule has 1 aliphatic rings. The van der Waals surface area contributed by atoms with Crippen molar-refractivity contribution < 1.29 is 4.74 Å². The summed E-state index contributed by atoms with van der Waals surface area (Å²) in [7, 11) is 0. The summed E-state index contributed by atoms with van der Waals surface area (Å²) < 4.78 is 7.53. The predicted molar refractivity (Wildman–Crippen MR) is 67.5 cm³/mol. The van der Waals surface area contributed by atoms with E-state index in [-0.39, 0.29) is 0 Å². The van der Waals surface area contributed by atoms with Crippen LogP contribution in [-0.2, 0) is 11.3 Å². The lowest BCUT2D eigenvalue weighted by molar-refractivity contribution is 0.0334. The van der Waals surface area contributed by atoms with Gasteiger partial charge < -0.3 is 4.74 Å². The summed E-state index contributed by atoms with van der Waals surface area (Å²) in [6.07, 6.45) is 3.92. The van der Waals surface area contributed by atoms with Crippen LogP contribution >= 0.6 is 11.3 Å². The lowest BCUT2D eigenvalue weighted by atomic mass is 10.3. The molecular formula is C12H15N3OS. The third kappa shape index (κ3) is 2.41. The van der Waals surface area contributed by atoms with E-state index in [1.807, 2.05) is 11.6 Å². The number of aromatic nitrogens is 2. The van der Waals surface area contributed by atoms with Crippen molar-refractivity contribution in [1.82, 2.24) is 14.5 Å². The van der Waals surface area contributed by atoms with Crippen LogP contribution in [0.15, 0.2) is 29.9 Å². The van der Waals surface area contributed by atoms with Crippen molar-refractivity contribution in [1.29, 1.82) is 0 Å². The van der Waals surface area contributed by atoms with Gasteiger partial charge >= 0.3 is 0 Å². The van der Waals surface area contributed by atoms with Gasteiger partial charge in [0, 0.05) is 43.1 Å². The van der Waals surface area contributed by atoms with Gasteiger partial charge in [0.25, 0.3) is 0 Å². The van der Waals surface area contributed by atoms with Crippen LogP contribution in [0.3, 0.4) is 0 Å². The molecule has 1 saturated heterocycles. The predicted octanol–water partition coefficient (Wildman–Crippen LogP) is 1.77. The Morgan fingerprint density at radius 3 is 3.00 bits per heavy atom. The smallest absolute Gasteiger partial charge is 0.193 e. The molecule has 0 saturated carbocycles. The maximum absolute atomic E-state index is 5.36. The van der Waals surface area contributed by atoms with Crippen LogP contribution in [0, 0.1) is 0 Å². The minimum absolute atomic E-state index is 0.845. The van der Waals surface area contributed by atoms with E-state index in [0.29, 0.717) is 0 Å². The largest absolute Gasteiger partial charge is 0.379 e. The van der Waals surface area contributed by atoms with E-state index in [1.54, 1.807) is 11.3 Å². The molecule has 0 aliphatic carbocycles. The third-order valence-electron chi connectivity index (χ3n) is 2.95. The highest BCUT2D eigenvalue weighted by Gasteiger charge is 2.13. The monoisotopic (exact) mass is 249 g/mol. The van der Waals surface area contributed by atoms with Gasteiger partial charge in [-0.2, -0.15) is 0 Å². The van der Waals surface area contributed by atoms with Crippen molar-refractivity contribution in [3.05, 3.63) is 35.6 Å². The maximum atomic E-state index is 5.36. The lowest BCUT2D eigenvalue weighted by Crippen LogP contribution is -2.36. The summed E-state index contributed by atoms with van der Waals surface area (Å²) in [6, 6.07) is 4.24. The SMILES string of the molecule is c1cc(CN2CCOCC2)n(-c2nccs2)c1. The van der Waals surface area contributed by atoms with Gasteiger partial charge in [0.15, 0.2) is 5.13 Å². The Labute approximate surface area is 104 Å². The van der Waals surface area contributed by atoms with Crippen LogP contribution in [0.25, 0.3) is 5.13 Å². The van der Waals surface area contributed by atoms with Crippen molar-refractivity contribution >= 4 is 11.3 Å². The summed E-state index contributed by atoms with van der Waals surface area (Å²) in [6.45, 7) is 4.69. The lowest BCUT2D eigenvalue weighted by Gasteiger charge is -2.26. The first kappa shape index (κ1) is 11.0. The highest BCUT2D eigenvalue weighted by Crippen LogP contribution is 2.16. The second-order valence-electron chi connectivity index (χ2n) is 4.07. The molecular weight excluding hydrogens is 234 g/mol. The fourth-order valence-electron chi connectivity index (χ4n) is 2.05. The van der Waals surface area contributed by atoms with Crippen LogP contribution < -0.4 is 0 Å². The number of ether oxygens (including phenoxy) is 1. The minimum atomic E-state index is 0.845. The van der Waals surface area contributed by atoms with E-state index >= 15 is 0 Å². The standard InChI is InChI=1S/C12H15N3OS/c1-2-11(10-14-5-7-16-8-6-14)15(4-1)12-13-3-9-17-12/h1-4,9H,5-8,10H2. The number of hydrogen-bond acceptors (Lipinski definition) is 4. The van der Waals surface area contributed by atoms with E-state index in [0.717, 1.165) is 38.0 Å². The second-order valence-corrected chi connectivity index (χ2v) is 4.95. The molecule has 0 amide bonds. The number of nitrogens with zero attached hydrogens (tertiary/aromatic N) is 3. The van der Waals surface area contributed by atoms with Crippen molar-refractivity contribution in [2.45, 2.75) is 6.54 Å². The van der Waals surface area contributed by atoms with Crippen molar-refractivity contribution in [3.63, 3.8) is 0 Å². The molecule has 0 atom stereocenters. The summed E-state index contributed by atoms with van der Waals surface area (Å²) in [4.78, 5) is 6.77. The second kappa shape index (κ2) is 5.00. The molecule has 0 N–H and O–H groups in total. The molecule has 3 heterocycles. The van der Waals surface area contributed by atoms with Gasteiger partial charge in [-0.25, -0.2) is 4.98 Å². The van der Waals surface area contributed by atoms with E-state index in [2.05, 4.69) is 32.8 Å². The zero-order chi connectivity index (χ0) is 11.5. The topological polar surface area (TPSA) is 30.3 Å². The van der Waals surface area contributed by atoms with Gasteiger partial charge in [0.1, 0.15) is 0 Å². The van der Waals surface area contributed by atoms with Gasteiger partial charge in [-0.1, -0.05) is 0 Å². The van der Waals surface area contributed by atoms with Crippen LogP contribution in [0.1, 0.15) is 5.69 Å². The Balaban J connectivity index is 1.77. The molecule has 1 fully saturated rings. The van der Waals surface area contributed by atoms with Crippen molar-refractivity contribution in [2.75, 3.05) is 26.3 Å². The summed E-state index contributed by atoms with van der Waals surface area (Å²) >= 11 is 1.67. The quantitative estimate of drug-likeness (QED) is 0.830. The minimum Gasteiger partial charge on any atom is -0.379 e. The van der Waals surface area contributed by atoms with E-state index < -0.39 is 0 Å². The number of hydrogen-bond donors (Lipinski definition) is 0. The average molecular weight is 249 g/mol. The summed E-state index contributed by atoms with van der Waals surface area (Å²) in [5.41, 5.74) is 1.29. The molecule has 5 heteroatoms. The zero-order valence-corrected chi connectivity index (χ0v) is 10.4.